The fraction of sp³-hybridized carbons (Fsp3) is 0. The van der Waals surface area contributed by atoms with E-state index in [1.165, 1.54) is 18.2 Å². The van der Waals surface area contributed by atoms with Gasteiger partial charge in [-0.25, -0.2) is 9.37 Å². The Morgan fingerprint density at radius 1 is 1.17 bits per heavy atom. The molecule has 0 aliphatic heterocycles. The maximum Gasteiger partial charge on any atom is 0.145 e. The van der Waals surface area contributed by atoms with Crippen molar-refractivity contribution in [3.63, 3.8) is 0 Å². The van der Waals surface area contributed by atoms with Gasteiger partial charge in [0, 0.05) is 0 Å². The van der Waals surface area contributed by atoms with Gasteiger partial charge in [-0.05, 0) is 24.3 Å². The largest absolute Gasteiger partial charge is 0.507 e. The Kier molecular flexibility index (Phi) is 2.45. The topological polar surface area (TPSA) is 48.9 Å². The summed E-state index contributed by atoms with van der Waals surface area (Å²) in [4.78, 5) is 7.16. The summed E-state index contributed by atoms with van der Waals surface area (Å²) in [5.41, 5.74) is 1.29. The Morgan fingerprint density at radius 2 is 1.94 bits per heavy atom. The van der Waals surface area contributed by atoms with Crippen molar-refractivity contribution < 1.29 is 9.50 Å². The number of hydrogen-bond donors (Lipinski definition) is 2. The third kappa shape index (κ3) is 1.62. The molecule has 5 heteroatoms. The first-order valence-electron chi connectivity index (χ1n) is 5.29. The number of hydrogen-bond acceptors (Lipinski definition) is 2. The van der Waals surface area contributed by atoms with Crippen molar-refractivity contribution >= 4 is 22.6 Å². The number of benzene rings is 2. The van der Waals surface area contributed by atoms with E-state index in [1.54, 1.807) is 18.2 Å². The van der Waals surface area contributed by atoms with Crippen molar-refractivity contribution in [2.24, 2.45) is 0 Å². The van der Waals surface area contributed by atoms with E-state index in [1.807, 2.05) is 0 Å². The smallest absolute Gasteiger partial charge is 0.145 e. The lowest BCUT2D eigenvalue weighted by Gasteiger charge is -2.01. The van der Waals surface area contributed by atoms with E-state index in [-0.39, 0.29) is 17.1 Å². The van der Waals surface area contributed by atoms with E-state index >= 15 is 0 Å². The first-order valence-corrected chi connectivity index (χ1v) is 5.66. The molecule has 0 fully saturated rings. The zero-order valence-electron chi connectivity index (χ0n) is 9.11. The number of aromatic amines is 1. The molecule has 1 aromatic heterocycles. The van der Waals surface area contributed by atoms with Crippen molar-refractivity contribution in [3.8, 4) is 17.1 Å². The van der Waals surface area contributed by atoms with Gasteiger partial charge in [-0.1, -0.05) is 23.7 Å². The van der Waals surface area contributed by atoms with Crippen LogP contribution in [-0.2, 0) is 0 Å². The normalized spacial score (nSPS) is 11.0. The van der Waals surface area contributed by atoms with E-state index < -0.39 is 5.82 Å². The fourth-order valence-corrected chi connectivity index (χ4v) is 2.08. The molecule has 0 bridgehead atoms. The van der Waals surface area contributed by atoms with Gasteiger partial charge in [-0.2, -0.15) is 0 Å². The van der Waals surface area contributed by atoms with Crippen molar-refractivity contribution in [3.05, 3.63) is 47.2 Å². The van der Waals surface area contributed by atoms with E-state index in [2.05, 4.69) is 9.97 Å². The van der Waals surface area contributed by atoms with Crippen LogP contribution in [0, 0.1) is 5.82 Å². The van der Waals surface area contributed by atoms with Crippen molar-refractivity contribution in [2.45, 2.75) is 0 Å². The number of imidazole rings is 1. The highest BCUT2D eigenvalue weighted by Crippen LogP contribution is 2.32. The number of aromatic nitrogens is 2. The third-order valence-electron chi connectivity index (χ3n) is 2.69. The van der Waals surface area contributed by atoms with Crippen LogP contribution in [0.1, 0.15) is 0 Å². The van der Waals surface area contributed by atoms with Crippen LogP contribution in [0.4, 0.5) is 4.39 Å². The van der Waals surface area contributed by atoms with Crippen LogP contribution in [-0.4, -0.2) is 15.1 Å². The van der Waals surface area contributed by atoms with Crippen LogP contribution in [0.5, 0.6) is 5.75 Å². The zero-order chi connectivity index (χ0) is 12.7. The van der Waals surface area contributed by atoms with Crippen LogP contribution in [0.3, 0.4) is 0 Å². The van der Waals surface area contributed by atoms with Gasteiger partial charge in [0.15, 0.2) is 0 Å². The average molecular weight is 263 g/mol. The molecule has 0 saturated heterocycles. The molecule has 0 aliphatic carbocycles. The van der Waals surface area contributed by atoms with Crippen molar-refractivity contribution in [1.82, 2.24) is 9.97 Å². The van der Waals surface area contributed by atoms with Gasteiger partial charge in [0.25, 0.3) is 0 Å². The first-order chi connectivity index (χ1) is 8.66. The van der Waals surface area contributed by atoms with E-state index in [4.69, 9.17) is 11.6 Å². The molecule has 0 amide bonds. The van der Waals surface area contributed by atoms with Gasteiger partial charge in [-0.3, -0.25) is 0 Å². The minimum Gasteiger partial charge on any atom is -0.507 e. The molecule has 0 radical (unpaired) electrons. The molecule has 3 rings (SSSR count). The number of para-hydroxylation sites is 1. The molecule has 0 unspecified atom stereocenters. The minimum absolute atomic E-state index is 0.0461. The van der Waals surface area contributed by atoms with Crippen LogP contribution in [0.25, 0.3) is 22.4 Å². The SMILES string of the molecule is Oc1cccc(F)c1-c1nc2c(Cl)cccc2[nH]1. The summed E-state index contributed by atoms with van der Waals surface area (Å²) in [6.45, 7) is 0. The number of halogens is 2. The molecular weight excluding hydrogens is 255 g/mol. The molecule has 90 valence electrons. The van der Waals surface area contributed by atoms with Crippen LogP contribution in [0.2, 0.25) is 5.02 Å². The third-order valence-corrected chi connectivity index (χ3v) is 3.00. The number of nitrogens with one attached hydrogen (secondary N) is 1. The first kappa shape index (κ1) is 11.0. The predicted octanol–water partition coefficient (Wildman–Crippen LogP) is 3.73. The van der Waals surface area contributed by atoms with Gasteiger partial charge < -0.3 is 10.1 Å². The maximum atomic E-state index is 13.7. The highest BCUT2D eigenvalue weighted by molar-refractivity contribution is 6.35. The molecular formula is C13H8ClFN2O. The van der Waals surface area contributed by atoms with Gasteiger partial charge in [0.1, 0.15) is 22.9 Å². The summed E-state index contributed by atoms with van der Waals surface area (Å²) in [7, 11) is 0. The molecule has 2 N–H and O–H groups in total. The molecule has 2 aromatic carbocycles. The lowest BCUT2D eigenvalue weighted by molar-refractivity contribution is 0.471. The van der Waals surface area contributed by atoms with Gasteiger partial charge in [0.05, 0.1) is 16.1 Å². The molecule has 0 aliphatic rings. The second-order valence-corrected chi connectivity index (χ2v) is 4.26. The van der Waals surface area contributed by atoms with Gasteiger partial charge in [0.2, 0.25) is 0 Å². The summed E-state index contributed by atoms with van der Waals surface area (Å²) in [6.07, 6.45) is 0. The summed E-state index contributed by atoms with van der Waals surface area (Å²) >= 11 is 6.00. The van der Waals surface area contributed by atoms with E-state index in [9.17, 15) is 9.50 Å². The Hall–Kier alpha value is -2.07. The molecule has 0 saturated carbocycles. The summed E-state index contributed by atoms with van der Waals surface area (Å²) in [5, 5.41) is 10.2. The molecule has 18 heavy (non-hydrogen) atoms. The second-order valence-electron chi connectivity index (χ2n) is 3.86. The quantitative estimate of drug-likeness (QED) is 0.702. The standard InChI is InChI=1S/C13H8ClFN2O/c14-7-3-1-5-9-12(7)17-13(16-9)11-8(15)4-2-6-10(11)18/h1-6,18H,(H,16,17). The molecule has 1 heterocycles. The average Bonchev–Trinajstić information content (AvgIpc) is 2.74. The van der Waals surface area contributed by atoms with E-state index in [0.29, 0.717) is 16.1 Å². The van der Waals surface area contributed by atoms with Crippen LogP contribution >= 0.6 is 11.6 Å². The Balaban J connectivity index is 2.30. The van der Waals surface area contributed by atoms with Gasteiger partial charge >= 0.3 is 0 Å². The lowest BCUT2D eigenvalue weighted by Crippen LogP contribution is -1.86. The number of phenolic OH excluding ortho intramolecular Hbond substituents is 1. The number of rotatable bonds is 1. The lowest BCUT2D eigenvalue weighted by atomic mass is 10.2. The van der Waals surface area contributed by atoms with Crippen molar-refractivity contribution in [2.75, 3.05) is 0 Å². The number of aromatic hydroxyl groups is 1. The minimum atomic E-state index is -0.537. The number of H-pyrrole nitrogens is 1. The van der Waals surface area contributed by atoms with E-state index in [0.717, 1.165) is 0 Å². The van der Waals surface area contributed by atoms with Crippen LogP contribution < -0.4 is 0 Å². The Labute approximate surface area is 107 Å². The van der Waals surface area contributed by atoms with Crippen molar-refractivity contribution in [1.29, 1.82) is 0 Å². The summed E-state index contributed by atoms with van der Waals surface area (Å²) in [6, 6.07) is 9.38. The molecule has 3 aromatic rings. The molecule has 0 atom stereocenters. The highest BCUT2D eigenvalue weighted by Gasteiger charge is 2.15. The second kappa shape index (κ2) is 3.99. The predicted molar refractivity (Wildman–Crippen MR) is 68.2 cm³/mol. The molecule has 0 spiro atoms. The number of phenols is 1. The Bertz CT molecular complexity index is 719. The number of nitrogens with zero attached hydrogens (tertiary/aromatic N) is 1. The maximum absolute atomic E-state index is 13.7. The highest BCUT2D eigenvalue weighted by atomic mass is 35.5. The summed E-state index contributed by atoms with van der Waals surface area (Å²) < 4.78 is 13.7. The zero-order valence-corrected chi connectivity index (χ0v) is 9.87. The Morgan fingerprint density at radius 3 is 2.67 bits per heavy atom. The number of fused-ring (bicyclic) bond motifs is 1. The van der Waals surface area contributed by atoms with Gasteiger partial charge in [-0.15, -0.1) is 0 Å². The summed E-state index contributed by atoms with van der Waals surface area (Å²) in [5.74, 6) is -0.441. The molecule has 3 nitrogen and oxygen atoms in total. The van der Waals surface area contributed by atoms with Crippen LogP contribution in [0.15, 0.2) is 36.4 Å². The monoisotopic (exact) mass is 262 g/mol. The fourth-order valence-electron chi connectivity index (χ4n) is 1.86.